The molecule has 1 aliphatic heterocycles. The lowest BCUT2D eigenvalue weighted by Crippen LogP contribution is -2.39. The Labute approximate surface area is 147 Å². The SMILES string of the molecule is COc1ccc(C)cc1NC(=O)N1CCCC1CC(O)c1ccco1. The number of carbonyl (C=O) groups excluding carboxylic acids is 1. The number of aliphatic hydroxyl groups is 1. The smallest absolute Gasteiger partial charge is 0.322 e. The van der Waals surface area contributed by atoms with Crippen molar-refractivity contribution in [1.29, 1.82) is 0 Å². The Bertz CT molecular complexity index is 714. The van der Waals surface area contributed by atoms with Crippen LogP contribution >= 0.6 is 0 Å². The van der Waals surface area contributed by atoms with Gasteiger partial charge in [0, 0.05) is 19.0 Å². The van der Waals surface area contributed by atoms with E-state index >= 15 is 0 Å². The van der Waals surface area contributed by atoms with Gasteiger partial charge in [-0.15, -0.1) is 0 Å². The van der Waals surface area contributed by atoms with Gasteiger partial charge in [-0.1, -0.05) is 6.07 Å². The zero-order valence-electron chi connectivity index (χ0n) is 14.6. The third-order valence-electron chi connectivity index (χ3n) is 4.60. The van der Waals surface area contributed by atoms with Crippen molar-refractivity contribution in [3.63, 3.8) is 0 Å². The van der Waals surface area contributed by atoms with Crippen molar-refractivity contribution in [2.45, 2.75) is 38.3 Å². The van der Waals surface area contributed by atoms with Crippen LogP contribution in [-0.4, -0.2) is 35.7 Å². The zero-order chi connectivity index (χ0) is 17.8. The molecule has 1 aliphatic rings. The van der Waals surface area contributed by atoms with Crippen LogP contribution in [0.2, 0.25) is 0 Å². The molecule has 3 rings (SSSR count). The Hall–Kier alpha value is -2.47. The van der Waals surface area contributed by atoms with Crippen LogP contribution in [-0.2, 0) is 0 Å². The number of nitrogens with zero attached hydrogens (tertiary/aromatic N) is 1. The van der Waals surface area contributed by atoms with Crippen LogP contribution in [0.25, 0.3) is 0 Å². The lowest BCUT2D eigenvalue weighted by Gasteiger charge is -2.26. The lowest BCUT2D eigenvalue weighted by molar-refractivity contribution is 0.110. The fraction of sp³-hybridized carbons (Fsp3) is 0.421. The van der Waals surface area contributed by atoms with Crippen molar-refractivity contribution in [2.75, 3.05) is 19.0 Å². The van der Waals surface area contributed by atoms with E-state index in [0.29, 0.717) is 30.2 Å². The summed E-state index contributed by atoms with van der Waals surface area (Å²) in [6, 6.07) is 8.98. The Balaban J connectivity index is 1.67. The molecule has 6 heteroatoms. The summed E-state index contributed by atoms with van der Waals surface area (Å²) in [5.74, 6) is 1.16. The van der Waals surface area contributed by atoms with Gasteiger partial charge in [-0.3, -0.25) is 0 Å². The fourth-order valence-electron chi connectivity index (χ4n) is 3.31. The molecule has 0 saturated carbocycles. The highest BCUT2D eigenvalue weighted by Gasteiger charge is 2.31. The first-order valence-electron chi connectivity index (χ1n) is 8.52. The van der Waals surface area contributed by atoms with Crippen molar-refractivity contribution in [2.24, 2.45) is 0 Å². The van der Waals surface area contributed by atoms with E-state index < -0.39 is 6.10 Å². The molecule has 2 unspecified atom stereocenters. The van der Waals surface area contributed by atoms with Crippen LogP contribution in [0, 0.1) is 6.92 Å². The molecule has 1 fully saturated rings. The van der Waals surface area contributed by atoms with Crippen LogP contribution < -0.4 is 10.1 Å². The van der Waals surface area contributed by atoms with Crippen LogP contribution in [0.1, 0.15) is 36.7 Å². The molecule has 1 saturated heterocycles. The molecule has 1 aromatic carbocycles. The fourth-order valence-corrected chi connectivity index (χ4v) is 3.31. The molecule has 2 atom stereocenters. The van der Waals surface area contributed by atoms with E-state index in [4.69, 9.17) is 9.15 Å². The molecule has 0 aliphatic carbocycles. The van der Waals surface area contributed by atoms with Crippen LogP contribution in [0.5, 0.6) is 5.75 Å². The molecule has 134 valence electrons. The van der Waals surface area contributed by atoms with Crippen molar-refractivity contribution < 1.29 is 19.1 Å². The summed E-state index contributed by atoms with van der Waals surface area (Å²) in [4.78, 5) is 14.5. The highest BCUT2D eigenvalue weighted by Crippen LogP contribution is 2.30. The predicted molar refractivity (Wildman–Crippen MR) is 94.8 cm³/mol. The number of carbonyl (C=O) groups is 1. The topological polar surface area (TPSA) is 74.9 Å². The second kappa shape index (κ2) is 7.61. The van der Waals surface area contributed by atoms with Gasteiger partial charge in [-0.05, 0) is 49.6 Å². The molecule has 0 spiro atoms. The van der Waals surface area contributed by atoms with E-state index in [1.165, 1.54) is 0 Å². The number of rotatable bonds is 5. The number of urea groups is 1. The molecule has 2 N–H and O–H groups in total. The number of aryl methyl sites for hydroxylation is 1. The summed E-state index contributed by atoms with van der Waals surface area (Å²) in [5.41, 5.74) is 1.70. The second-order valence-corrected chi connectivity index (χ2v) is 6.39. The Morgan fingerprint density at radius 2 is 2.32 bits per heavy atom. The summed E-state index contributed by atoms with van der Waals surface area (Å²) in [7, 11) is 1.58. The zero-order valence-corrected chi connectivity index (χ0v) is 14.6. The standard InChI is InChI=1S/C19H24N2O4/c1-13-7-8-17(24-2)15(11-13)20-19(23)21-9-3-5-14(21)12-16(22)18-6-4-10-25-18/h4,6-8,10-11,14,16,22H,3,5,9,12H2,1-2H3,(H,20,23). The number of benzene rings is 1. The molecule has 1 aromatic heterocycles. The number of amides is 2. The summed E-state index contributed by atoms with van der Waals surface area (Å²) in [6.45, 7) is 2.64. The first-order chi connectivity index (χ1) is 12.1. The lowest BCUT2D eigenvalue weighted by atomic mass is 10.1. The Kier molecular flexibility index (Phi) is 5.28. The monoisotopic (exact) mass is 344 g/mol. The molecule has 0 radical (unpaired) electrons. The summed E-state index contributed by atoms with van der Waals surface area (Å²) >= 11 is 0. The van der Waals surface area contributed by atoms with Gasteiger partial charge in [0.1, 0.15) is 17.6 Å². The van der Waals surface area contributed by atoms with E-state index in [1.54, 1.807) is 30.4 Å². The van der Waals surface area contributed by atoms with Gasteiger partial charge in [0.05, 0.1) is 19.1 Å². The quantitative estimate of drug-likeness (QED) is 0.867. The number of furan rings is 1. The van der Waals surface area contributed by atoms with Crippen molar-refractivity contribution in [3.8, 4) is 5.75 Å². The maximum atomic E-state index is 12.7. The third-order valence-corrected chi connectivity index (χ3v) is 4.60. The molecule has 0 bridgehead atoms. The maximum Gasteiger partial charge on any atom is 0.322 e. The first kappa shape index (κ1) is 17.4. The summed E-state index contributed by atoms with van der Waals surface area (Å²) in [6.07, 6.45) is 3.10. The minimum absolute atomic E-state index is 0.0177. The summed E-state index contributed by atoms with van der Waals surface area (Å²) < 4.78 is 10.6. The Morgan fingerprint density at radius 1 is 1.48 bits per heavy atom. The average Bonchev–Trinajstić information content (AvgIpc) is 3.26. The number of likely N-dealkylation sites (tertiary alicyclic amines) is 1. The van der Waals surface area contributed by atoms with E-state index in [9.17, 15) is 9.90 Å². The van der Waals surface area contributed by atoms with Crippen molar-refractivity contribution in [1.82, 2.24) is 4.90 Å². The van der Waals surface area contributed by atoms with E-state index in [0.717, 1.165) is 18.4 Å². The summed E-state index contributed by atoms with van der Waals surface area (Å²) in [5, 5.41) is 13.2. The highest BCUT2D eigenvalue weighted by molar-refractivity contribution is 5.91. The van der Waals surface area contributed by atoms with Crippen LogP contribution in [0.4, 0.5) is 10.5 Å². The van der Waals surface area contributed by atoms with E-state index in [1.807, 2.05) is 25.1 Å². The number of nitrogens with one attached hydrogen (secondary N) is 1. The molecule has 2 amide bonds. The van der Waals surface area contributed by atoms with Gasteiger partial charge in [0.2, 0.25) is 0 Å². The van der Waals surface area contributed by atoms with Gasteiger partial charge in [0.25, 0.3) is 0 Å². The number of methoxy groups -OCH3 is 1. The number of hydrogen-bond acceptors (Lipinski definition) is 4. The Morgan fingerprint density at radius 3 is 3.04 bits per heavy atom. The molecule has 25 heavy (non-hydrogen) atoms. The minimum Gasteiger partial charge on any atom is -0.495 e. The normalized spacial score (nSPS) is 18.2. The molecule has 2 aromatic rings. The third kappa shape index (κ3) is 3.96. The first-order valence-corrected chi connectivity index (χ1v) is 8.52. The van der Waals surface area contributed by atoms with Crippen molar-refractivity contribution >= 4 is 11.7 Å². The van der Waals surface area contributed by atoms with Gasteiger partial charge in [-0.25, -0.2) is 4.79 Å². The van der Waals surface area contributed by atoms with E-state index in [-0.39, 0.29) is 12.1 Å². The number of hydrogen-bond donors (Lipinski definition) is 2. The van der Waals surface area contributed by atoms with Gasteiger partial charge in [-0.2, -0.15) is 0 Å². The molecular formula is C19H24N2O4. The van der Waals surface area contributed by atoms with Crippen molar-refractivity contribution in [3.05, 3.63) is 47.9 Å². The van der Waals surface area contributed by atoms with Crippen LogP contribution in [0.3, 0.4) is 0 Å². The average molecular weight is 344 g/mol. The number of aliphatic hydroxyl groups excluding tert-OH is 1. The maximum absolute atomic E-state index is 12.7. The molecule has 2 heterocycles. The van der Waals surface area contributed by atoms with Gasteiger partial charge < -0.3 is 24.5 Å². The predicted octanol–water partition coefficient (Wildman–Crippen LogP) is 3.72. The van der Waals surface area contributed by atoms with Gasteiger partial charge in [0.15, 0.2) is 0 Å². The largest absolute Gasteiger partial charge is 0.495 e. The number of ether oxygens (including phenoxy) is 1. The van der Waals surface area contributed by atoms with Crippen LogP contribution in [0.15, 0.2) is 41.0 Å². The molecule has 6 nitrogen and oxygen atoms in total. The minimum atomic E-state index is -0.707. The number of anilines is 1. The highest BCUT2D eigenvalue weighted by atomic mass is 16.5. The van der Waals surface area contributed by atoms with E-state index in [2.05, 4.69) is 5.32 Å². The second-order valence-electron chi connectivity index (χ2n) is 6.39. The molecular weight excluding hydrogens is 320 g/mol. The van der Waals surface area contributed by atoms with Gasteiger partial charge >= 0.3 is 6.03 Å².